The number of carbonyl (C=O) groups excluding carboxylic acids is 2. The summed E-state index contributed by atoms with van der Waals surface area (Å²) in [5.74, 6) is -0.271. The molecule has 3 rings (SSSR count). The number of benzene rings is 1. The van der Waals surface area contributed by atoms with Gasteiger partial charge >= 0.3 is 0 Å². The molecule has 0 unspecified atom stereocenters. The van der Waals surface area contributed by atoms with Crippen molar-refractivity contribution in [3.05, 3.63) is 23.8 Å². The topological polar surface area (TPSA) is 110 Å². The van der Waals surface area contributed by atoms with Crippen molar-refractivity contribution in [1.82, 2.24) is 9.21 Å². The number of likely N-dealkylation sites (tertiary alicyclic amines) is 1. The van der Waals surface area contributed by atoms with E-state index in [1.807, 2.05) is 13.0 Å². The number of rotatable bonds is 5. The van der Waals surface area contributed by atoms with Crippen molar-refractivity contribution in [2.45, 2.75) is 37.5 Å². The highest BCUT2D eigenvalue weighted by Crippen LogP contribution is 2.31. The number of aryl methyl sites for hydroxylation is 1. The van der Waals surface area contributed by atoms with Gasteiger partial charge < -0.3 is 15.4 Å². The molecule has 0 atom stereocenters. The first-order valence-corrected chi connectivity index (χ1v) is 11.4. The largest absolute Gasteiger partial charge is 0.495 e. The van der Waals surface area contributed by atoms with Gasteiger partial charge in [-0.25, -0.2) is 8.42 Å². The van der Waals surface area contributed by atoms with E-state index in [0.717, 1.165) is 5.56 Å². The molecule has 0 spiro atoms. The zero-order chi connectivity index (χ0) is 21.2. The molecule has 0 aliphatic carbocycles. The Bertz CT molecular complexity index is 870. The highest BCUT2D eigenvalue weighted by atomic mass is 32.2. The molecule has 9 heteroatoms. The van der Waals surface area contributed by atoms with Gasteiger partial charge in [0.15, 0.2) is 0 Å². The van der Waals surface area contributed by atoms with E-state index in [1.54, 1.807) is 17.0 Å². The fraction of sp³-hybridized carbons (Fsp3) is 0.600. The summed E-state index contributed by atoms with van der Waals surface area (Å²) in [5, 5.41) is 0. The molecule has 0 aromatic heterocycles. The van der Waals surface area contributed by atoms with Crippen LogP contribution in [-0.2, 0) is 19.6 Å². The number of hydrogen-bond acceptors (Lipinski definition) is 5. The molecule has 0 saturated carbocycles. The van der Waals surface area contributed by atoms with Gasteiger partial charge in [-0.2, -0.15) is 4.31 Å². The van der Waals surface area contributed by atoms with Crippen molar-refractivity contribution in [3.8, 4) is 5.75 Å². The molecule has 2 heterocycles. The minimum absolute atomic E-state index is 0.0538. The molecule has 0 radical (unpaired) electrons. The minimum atomic E-state index is -3.69. The number of sulfonamides is 1. The summed E-state index contributed by atoms with van der Waals surface area (Å²) in [6.45, 7) is 3.50. The smallest absolute Gasteiger partial charge is 0.246 e. The van der Waals surface area contributed by atoms with E-state index in [0.29, 0.717) is 57.6 Å². The van der Waals surface area contributed by atoms with Crippen LogP contribution in [0.15, 0.2) is 23.1 Å². The first-order chi connectivity index (χ1) is 13.7. The third-order valence-electron chi connectivity index (χ3n) is 5.95. The fourth-order valence-corrected chi connectivity index (χ4v) is 5.82. The Balaban J connectivity index is 1.62. The number of ether oxygens (including phenoxy) is 1. The predicted octanol–water partition coefficient (Wildman–Crippen LogP) is 1.13. The lowest BCUT2D eigenvalue weighted by atomic mass is 9.92. The number of carbonyl (C=O) groups is 2. The molecular formula is C20H29N3O5S. The van der Waals surface area contributed by atoms with Crippen LogP contribution in [0.3, 0.4) is 0 Å². The number of amides is 2. The van der Waals surface area contributed by atoms with Crippen LogP contribution in [0.25, 0.3) is 0 Å². The molecule has 0 bridgehead atoms. The monoisotopic (exact) mass is 423 g/mol. The maximum absolute atomic E-state index is 13.1. The summed E-state index contributed by atoms with van der Waals surface area (Å²) in [5.41, 5.74) is 6.19. The molecule has 8 nitrogen and oxygen atoms in total. The molecule has 1 aromatic carbocycles. The van der Waals surface area contributed by atoms with Crippen molar-refractivity contribution < 1.29 is 22.7 Å². The van der Waals surface area contributed by atoms with Crippen molar-refractivity contribution in [1.29, 1.82) is 0 Å². The van der Waals surface area contributed by atoms with Crippen molar-refractivity contribution in [2.24, 2.45) is 17.6 Å². The standard InChI is InChI=1S/C20H29N3O5S/c1-14-3-4-17(28-2)18(13-14)29(26,27)23-11-7-16(8-12-23)20(25)22-9-5-15(6-10-22)19(21)24/h3-4,13,15-16H,5-12H2,1-2H3,(H2,21,24). The number of methoxy groups -OCH3 is 1. The van der Waals surface area contributed by atoms with Crippen molar-refractivity contribution in [2.75, 3.05) is 33.3 Å². The third-order valence-corrected chi connectivity index (χ3v) is 7.87. The molecular weight excluding hydrogens is 394 g/mol. The summed E-state index contributed by atoms with van der Waals surface area (Å²) in [6.07, 6.45) is 2.17. The van der Waals surface area contributed by atoms with Crippen LogP contribution in [0.2, 0.25) is 0 Å². The molecule has 2 aliphatic heterocycles. The Kier molecular flexibility index (Phi) is 6.48. The van der Waals surface area contributed by atoms with Gasteiger partial charge in [0.05, 0.1) is 7.11 Å². The number of nitrogens with two attached hydrogens (primary N) is 1. The zero-order valence-corrected chi connectivity index (χ0v) is 17.8. The summed E-state index contributed by atoms with van der Waals surface area (Å²) in [4.78, 5) is 26.1. The number of nitrogens with zero attached hydrogens (tertiary/aromatic N) is 2. The van der Waals surface area contributed by atoms with Gasteiger partial charge in [0, 0.05) is 38.0 Å². The lowest BCUT2D eigenvalue weighted by Gasteiger charge is -2.36. The van der Waals surface area contributed by atoms with Crippen LogP contribution >= 0.6 is 0 Å². The zero-order valence-electron chi connectivity index (χ0n) is 17.0. The van der Waals surface area contributed by atoms with Crippen LogP contribution in [-0.4, -0.2) is 62.7 Å². The van der Waals surface area contributed by atoms with Gasteiger partial charge in [-0.05, 0) is 50.3 Å². The summed E-state index contributed by atoms with van der Waals surface area (Å²) < 4.78 is 32.9. The van der Waals surface area contributed by atoms with Gasteiger partial charge in [-0.15, -0.1) is 0 Å². The Morgan fingerprint density at radius 2 is 1.62 bits per heavy atom. The van der Waals surface area contributed by atoms with Crippen LogP contribution in [0.1, 0.15) is 31.2 Å². The predicted molar refractivity (Wildman–Crippen MR) is 108 cm³/mol. The Morgan fingerprint density at radius 1 is 1.03 bits per heavy atom. The van der Waals surface area contributed by atoms with E-state index in [9.17, 15) is 18.0 Å². The first-order valence-electron chi connectivity index (χ1n) is 9.97. The van der Waals surface area contributed by atoms with Crippen LogP contribution < -0.4 is 10.5 Å². The Hall–Kier alpha value is -2.13. The van der Waals surface area contributed by atoms with E-state index in [-0.39, 0.29) is 28.5 Å². The minimum Gasteiger partial charge on any atom is -0.495 e. The second-order valence-electron chi connectivity index (χ2n) is 7.83. The second kappa shape index (κ2) is 8.71. The van der Waals surface area contributed by atoms with Crippen LogP contribution in [0.5, 0.6) is 5.75 Å². The van der Waals surface area contributed by atoms with E-state index >= 15 is 0 Å². The molecule has 1 aromatic rings. The third kappa shape index (κ3) is 4.56. The molecule has 2 saturated heterocycles. The second-order valence-corrected chi connectivity index (χ2v) is 9.74. The van der Waals surface area contributed by atoms with Gasteiger partial charge in [0.1, 0.15) is 10.6 Å². The average molecular weight is 424 g/mol. The van der Waals surface area contributed by atoms with Gasteiger partial charge in [0.25, 0.3) is 0 Å². The average Bonchev–Trinajstić information content (AvgIpc) is 2.73. The van der Waals surface area contributed by atoms with Crippen LogP contribution in [0.4, 0.5) is 0 Å². The summed E-state index contributed by atoms with van der Waals surface area (Å²) in [6, 6.07) is 5.09. The fourth-order valence-electron chi connectivity index (χ4n) is 4.11. The number of hydrogen-bond donors (Lipinski definition) is 1. The number of piperidine rings is 2. The highest BCUT2D eigenvalue weighted by Gasteiger charge is 2.36. The quantitative estimate of drug-likeness (QED) is 0.763. The van der Waals surface area contributed by atoms with Crippen molar-refractivity contribution >= 4 is 21.8 Å². The SMILES string of the molecule is COc1ccc(C)cc1S(=O)(=O)N1CCC(C(=O)N2CCC(C(N)=O)CC2)CC1. The van der Waals surface area contributed by atoms with E-state index in [4.69, 9.17) is 10.5 Å². The molecule has 2 N–H and O–H groups in total. The summed E-state index contributed by atoms with van der Waals surface area (Å²) in [7, 11) is -2.23. The molecule has 2 fully saturated rings. The normalized spacial score (nSPS) is 19.9. The van der Waals surface area contributed by atoms with E-state index < -0.39 is 10.0 Å². The summed E-state index contributed by atoms with van der Waals surface area (Å²) >= 11 is 0. The van der Waals surface area contributed by atoms with E-state index in [2.05, 4.69) is 0 Å². The van der Waals surface area contributed by atoms with E-state index in [1.165, 1.54) is 11.4 Å². The maximum Gasteiger partial charge on any atom is 0.246 e. The molecule has 29 heavy (non-hydrogen) atoms. The lowest BCUT2D eigenvalue weighted by Crippen LogP contribution is -2.47. The van der Waals surface area contributed by atoms with Gasteiger partial charge in [-0.3, -0.25) is 9.59 Å². The van der Waals surface area contributed by atoms with Gasteiger partial charge in [0.2, 0.25) is 21.8 Å². The lowest BCUT2D eigenvalue weighted by molar-refractivity contribution is -0.139. The molecule has 2 amide bonds. The van der Waals surface area contributed by atoms with Gasteiger partial charge in [-0.1, -0.05) is 6.07 Å². The Morgan fingerprint density at radius 3 is 2.17 bits per heavy atom. The Labute approximate surface area is 172 Å². The molecule has 160 valence electrons. The maximum atomic E-state index is 13.1. The first kappa shape index (κ1) is 21.6. The highest BCUT2D eigenvalue weighted by molar-refractivity contribution is 7.89. The number of primary amides is 1. The van der Waals surface area contributed by atoms with Crippen LogP contribution in [0, 0.1) is 18.8 Å². The van der Waals surface area contributed by atoms with Crippen molar-refractivity contribution in [3.63, 3.8) is 0 Å². The molecule has 2 aliphatic rings.